The van der Waals surface area contributed by atoms with Gasteiger partial charge in [-0.2, -0.15) is 0 Å². The Balaban J connectivity index is 2.06. The maximum Gasteiger partial charge on any atom is 0.270 e. The van der Waals surface area contributed by atoms with E-state index in [2.05, 4.69) is 20.8 Å². The van der Waals surface area contributed by atoms with Crippen molar-refractivity contribution in [3.8, 4) is 22.8 Å². The van der Waals surface area contributed by atoms with Gasteiger partial charge >= 0.3 is 0 Å². The number of nitrogens with zero attached hydrogens (tertiary/aromatic N) is 2. The molecule has 0 saturated carbocycles. The molecular weight excluding hydrogens is 496 g/mol. The molecule has 4 rings (SSSR count). The Labute approximate surface area is 197 Å². The van der Waals surface area contributed by atoms with Crippen molar-refractivity contribution in [2.24, 2.45) is 0 Å². The lowest BCUT2D eigenvalue weighted by molar-refractivity contribution is -0.384. The number of aliphatic hydroxyl groups is 1. The minimum Gasteiger partial charge on any atom is -0.496 e. The van der Waals surface area contributed by atoms with Gasteiger partial charge in [-0.25, -0.2) is 0 Å². The van der Waals surface area contributed by atoms with E-state index in [1.807, 2.05) is 7.05 Å². The third kappa shape index (κ3) is 3.98. The van der Waals surface area contributed by atoms with Crippen molar-refractivity contribution < 1.29 is 23.9 Å². The first-order valence-corrected chi connectivity index (χ1v) is 11.1. The topological polar surface area (TPSA) is 115 Å². The van der Waals surface area contributed by atoms with Crippen LogP contribution in [0, 0.1) is 10.1 Å². The van der Waals surface area contributed by atoms with E-state index >= 15 is 0 Å². The maximum absolute atomic E-state index is 13.3. The molecule has 0 spiro atoms. The molecule has 0 amide bonds. The number of likely N-dealkylation sites (N-methyl/N-ethyl adjacent to an activating group) is 1. The van der Waals surface area contributed by atoms with Crippen molar-refractivity contribution in [1.29, 1.82) is 0 Å². The largest absolute Gasteiger partial charge is 0.496 e. The fraction of sp³-hybridized carbons (Fsp3) is 0.348. The smallest absolute Gasteiger partial charge is 0.270 e. The number of hydrogen-bond donors (Lipinski definition) is 1. The van der Waals surface area contributed by atoms with Crippen LogP contribution in [0.1, 0.15) is 17.9 Å². The molecule has 0 unspecified atom stereocenters. The Morgan fingerprint density at radius 1 is 1.24 bits per heavy atom. The van der Waals surface area contributed by atoms with Gasteiger partial charge in [-0.1, -0.05) is 15.9 Å². The van der Waals surface area contributed by atoms with Crippen LogP contribution in [0.4, 0.5) is 5.69 Å². The average Bonchev–Trinajstić information content (AvgIpc) is 3.17. The fourth-order valence-electron chi connectivity index (χ4n) is 4.54. The van der Waals surface area contributed by atoms with Crippen LogP contribution in [0.5, 0.6) is 11.5 Å². The molecule has 174 valence electrons. The van der Waals surface area contributed by atoms with E-state index in [1.165, 1.54) is 32.4 Å². The number of hydrogen-bond acceptors (Lipinski definition) is 8. The second-order valence-electron chi connectivity index (χ2n) is 7.92. The Morgan fingerprint density at radius 2 is 1.97 bits per heavy atom. The molecule has 1 saturated heterocycles. The highest BCUT2D eigenvalue weighted by molar-refractivity contribution is 9.10. The number of ether oxygens (including phenoxy) is 2. The summed E-state index contributed by atoms with van der Waals surface area (Å²) in [6.07, 6.45) is 0.730. The SMILES string of the molecule is COc1cc(OC)c2c(=O)cc(-c3cc([N+](=O)[O-])ccc3Br)oc2c1[C@H]1CCN(C)[C@@H]1CO. The zero-order chi connectivity index (χ0) is 23.9. The standard InChI is InChI=1S/C23H23BrN2O7/c1-25-7-6-13(16(25)11-27)21-19(31-2)10-20(32-3)22-17(28)9-18(33-23(21)22)14-8-12(26(29)30)4-5-15(14)24/h4-5,8-10,13,16,27H,6-7,11H2,1-3H3/t13-,16+/m0/s1. The lowest BCUT2D eigenvalue weighted by atomic mass is 9.89. The van der Waals surface area contributed by atoms with Gasteiger partial charge in [-0.05, 0) is 26.1 Å². The van der Waals surface area contributed by atoms with Crippen LogP contribution in [0.25, 0.3) is 22.3 Å². The second kappa shape index (κ2) is 9.12. The van der Waals surface area contributed by atoms with Crippen LogP contribution in [0.15, 0.2) is 44.0 Å². The maximum atomic E-state index is 13.3. The molecule has 9 nitrogen and oxygen atoms in total. The van der Waals surface area contributed by atoms with Crippen molar-refractivity contribution in [2.75, 3.05) is 34.4 Å². The van der Waals surface area contributed by atoms with Crippen molar-refractivity contribution in [3.63, 3.8) is 0 Å². The monoisotopic (exact) mass is 518 g/mol. The normalized spacial score (nSPS) is 18.6. The molecule has 2 aromatic carbocycles. The first-order valence-electron chi connectivity index (χ1n) is 10.3. The molecular formula is C23H23BrN2O7. The molecule has 1 aromatic heterocycles. The van der Waals surface area contributed by atoms with Gasteiger partial charge in [0.1, 0.15) is 28.2 Å². The van der Waals surface area contributed by atoms with Crippen LogP contribution in [0.3, 0.4) is 0 Å². The first kappa shape index (κ1) is 23.2. The van der Waals surface area contributed by atoms with Crippen LogP contribution >= 0.6 is 15.9 Å². The van der Waals surface area contributed by atoms with E-state index in [1.54, 1.807) is 12.1 Å². The van der Waals surface area contributed by atoms with E-state index < -0.39 is 4.92 Å². The quantitative estimate of drug-likeness (QED) is 0.385. The number of aliphatic hydroxyl groups excluding tert-OH is 1. The molecule has 0 aliphatic carbocycles. The summed E-state index contributed by atoms with van der Waals surface area (Å²) in [5.41, 5.74) is 0.843. The van der Waals surface area contributed by atoms with Crippen LogP contribution in [0.2, 0.25) is 0 Å². The number of benzene rings is 2. The summed E-state index contributed by atoms with van der Waals surface area (Å²) in [7, 11) is 4.91. The van der Waals surface area contributed by atoms with E-state index in [0.29, 0.717) is 27.1 Å². The lowest BCUT2D eigenvalue weighted by Gasteiger charge is -2.25. The predicted molar refractivity (Wildman–Crippen MR) is 126 cm³/mol. The van der Waals surface area contributed by atoms with Gasteiger partial charge in [-0.3, -0.25) is 14.9 Å². The van der Waals surface area contributed by atoms with E-state index in [0.717, 1.165) is 13.0 Å². The predicted octanol–water partition coefficient (Wildman–Crippen LogP) is 3.93. The third-order valence-corrected chi connectivity index (χ3v) is 6.91. The minimum absolute atomic E-state index is 0.0712. The molecule has 1 aliphatic rings. The number of methoxy groups -OCH3 is 2. The lowest BCUT2D eigenvalue weighted by Crippen LogP contribution is -2.32. The van der Waals surface area contributed by atoms with Gasteiger partial charge in [0.05, 0.1) is 25.7 Å². The van der Waals surface area contributed by atoms with Gasteiger partial charge in [0.25, 0.3) is 5.69 Å². The summed E-state index contributed by atoms with van der Waals surface area (Å²) >= 11 is 3.40. The number of nitro benzene ring substituents is 1. The van der Waals surface area contributed by atoms with Crippen LogP contribution in [-0.2, 0) is 0 Å². The molecule has 0 radical (unpaired) electrons. The highest BCUT2D eigenvalue weighted by Gasteiger charge is 2.37. The molecule has 1 fully saturated rings. The third-order valence-electron chi connectivity index (χ3n) is 6.21. The van der Waals surface area contributed by atoms with E-state index in [9.17, 15) is 20.0 Å². The highest BCUT2D eigenvalue weighted by atomic mass is 79.9. The van der Waals surface area contributed by atoms with Crippen molar-refractivity contribution >= 4 is 32.6 Å². The van der Waals surface area contributed by atoms with E-state index in [-0.39, 0.29) is 46.4 Å². The summed E-state index contributed by atoms with van der Waals surface area (Å²) < 4.78 is 18.0. The van der Waals surface area contributed by atoms with Crippen LogP contribution in [-0.4, -0.2) is 55.4 Å². The van der Waals surface area contributed by atoms with Gasteiger partial charge < -0.3 is 23.9 Å². The molecule has 10 heteroatoms. The Kier molecular flexibility index (Phi) is 6.42. The van der Waals surface area contributed by atoms with Gasteiger partial charge in [0, 0.05) is 51.8 Å². The summed E-state index contributed by atoms with van der Waals surface area (Å²) in [6, 6.07) is 7.03. The molecule has 2 heterocycles. The van der Waals surface area contributed by atoms with Crippen LogP contribution < -0.4 is 14.9 Å². The van der Waals surface area contributed by atoms with Gasteiger partial charge in [0.2, 0.25) is 0 Å². The highest BCUT2D eigenvalue weighted by Crippen LogP contribution is 2.45. The summed E-state index contributed by atoms with van der Waals surface area (Å²) in [5, 5.41) is 21.6. The van der Waals surface area contributed by atoms with Gasteiger partial charge in [0.15, 0.2) is 5.43 Å². The first-order chi connectivity index (χ1) is 15.8. The van der Waals surface area contributed by atoms with Crippen molar-refractivity contribution in [1.82, 2.24) is 4.90 Å². The fourth-order valence-corrected chi connectivity index (χ4v) is 4.98. The number of nitro groups is 1. The van der Waals surface area contributed by atoms with Gasteiger partial charge in [-0.15, -0.1) is 0 Å². The minimum atomic E-state index is -0.507. The number of non-ortho nitro benzene ring substituents is 1. The zero-order valence-corrected chi connectivity index (χ0v) is 19.9. The molecule has 2 atom stereocenters. The molecule has 0 bridgehead atoms. The Morgan fingerprint density at radius 3 is 2.61 bits per heavy atom. The van der Waals surface area contributed by atoms with Crippen molar-refractivity contribution in [3.05, 3.63) is 60.7 Å². The summed E-state index contributed by atoms with van der Waals surface area (Å²) in [6.45, 7) is 0.686. The number of rotatable bonds is 6. The summed E-state index contributed by atoms with van der Waals surface area (Å²) in [5.74, 6) is 0.800. The number of likely N-dealkylation sites (tertiary alicyclic amines) is 1. The Hall–Kier alpha value is -2.95. The average molecular weight is 519 g/mol. The Bertz CT molecular complexity index is 1290. The molecule has 1 aliphatic heterocycles. The van der Waals surface area contributed by atoms with E-state index in [4.69, 9.17) is 13.9 Å². The zero-order valence-electron chi connectivity index (χ0n) is 18.3. The second-order valence-corrected chi connectivity index (χ2v) is 8.78. The van der Waals surface area contributed by atoms with Crippen molar-refractivity contribution in [2.45, 2.75) is 18.4 Å². The summed E-state index contributed by atoms with van der Waals surface area (Å²) in [4.78, 5) is 26.1. The number of halogens is 1. The molecule has 33 heavy (non-hydrogen) atoms. The molecule has 1 N–H and O–H groups in total. The number of fused-ring (bicyclic) bond motifs is 1. The molecule has 3 aromatic rings.